The molecule has 0 fully saturated rings. The second-order valence-corrected chi connectivity index (χ2v) is 26.0. The first-order valence-electron chi connectivity index (χ1n) is 19.8. The van der Waals surface area contributed by atoms with E-state index in [-0.39, 0.29) is 0 Å². The van der Waals surface area contributed by atoms with Crippen LogP contribution in [0.25, 0.3) is 0 Å². The Morgan fingerprint density at radius 1 is 0.405 bits per heavy atom. The monoisotopic (exact) mass is 630 g/mol. The van der Waals surface area contributed by atoms with Crippen molar-refractivity contribution in [2.45, 2.75) is 213 Å². The molecule has 2 heteroatoms. The van der Waals surface area contributed by atoms with Gasteiger partial charge in [0.2, 0.25) is 0 Å². The Kier molecular flexibility index (Phi) is 29.7. The predicted octanol–water partition coefficient (Wildman–Crippen LogP) is 14.4. The van der Waals surface area contributed by atoms with Gasteiger partial charge in [0.25, 0.3) is 0 Å². The van der Waals surface area contributed by atoms with Crippen molar-refractivity contribution in [3.8, 4) is 0 Å². The molecule has 0 saturated carbocycles. The first-order chi connectivity index (χ1) is 20.2. The van der Waals surface area contributed by atoms with Gasteiger partial charge in [-0.25, -0.2) is 0 Å². The van der Waals surface area contributed by atoms with Gasteiger partial charge < -0.3 is 0 Å². The maximum absolute atomic E-state index is 2.78. The fraction of sp³-hybridized carbons (Fsp3) is 1.00. The molecule has 0 heterocycles. The van der Waals surface area contributed by atoms with E-state index in [2.05, 4.69) is 47.0 Å². The predicted molar refractivity (Wildman–Crippen MR) is 207 cm³/mol. The van der Waals surface area contributed by atoms with E-state index < -0.39 is 6.60 Å². The molecular weight excluding hydrogens is 543 g/mol. The Balaban J connectivity index is 4.20. The molecule has 0 aromatic heterocycles. The zero-order chi connectivity index (χ0) is 31.2. The quantitative estimate of drug-likeness (QED) is 0.0377. The molecule has 0 N–H and O–H groups in total. The minimum atomic E-state index is -1.60. The van der Waals surface area contributed by atoms with Crippen LogP contribution in [0.5, 0.6) is 0 Å². The van der Waals surface area contributed by atoms with E-state index in [1.165, 1.54) is 198 Å². The first-order valence-corrected chi connectivity index (χ1v) is 25.6. The van der Waals surface area contributed by atoms with Gasteiger partial charge >= 0.3 is 235 Å². The summed E-state index contributed by atoms with van der Waals surface area (Å²) in [7, 11) is 0.660. The summed E-state index contributed by atoms with van der Waals surface area (Å²) in [5.74, 6) is 2.86. The van der Waals surface area contributed by atoms with Crippen LogP contribution in [0, 0.1) is 0 Å². The Labute approximate surface area is 273 Å². The van der Waals surface area contributed by atoms with Gasteiger partial charge in [0.05, 0.1) is 0 Å². The van der Waals surface area contributed by atoms with Gasteiger partial charge in [0.1, 0.15) is 0 Å². The zero-order valence-electron chi connectivity index (χ0n) is 31.1. The number of unbranched alkanes of at least 4 members (excludes halogenated alkanes) is 24. The van der Waals surface area contributed by atoms with Crippen molar-refractivity contribution >= 4 is 17.5 Å². The summed E-state index contributed by atoms with van der Waals surface area (Å²) in [4.78, 5) is 0. The summed E-state index contributed by atoms with van der Waals surface area (Å²) < 4.78 is 0. The molecule has 256 valence electrons. The third-order valence-electron chi connectivity index (χ3n) is 10.6. The second kappa shape index (κ2) is 29.2. The van der Waals surface area contributed by atoms with E-state index in [0.717, 1.165) is 5.66 Å². The summed E-state index contributed by atoms with van der Waals surface area (Å²) >= 11 is 0. The average Bonchev–Trinajstić information content (AvgIpc) is 2.96. The summed E-state index contributed by atoms with van der Waals surface area (Å²) in [6.45, 7) is 13.8. The molecule has 0 nitrogen and oxygen atoms in total. The minimum absolute atomic E-state index is 0.660. The van der Waals surface area contributed by atoms with Crippen molar-refractivity contribution in [1.29, 1.82) is 0 Å². The third kappa shape index (κ3) is 27.1. The molecular formula is C40H86PS+. The molecule has 0 aliphatic rings. The fourth-order valence-electron chi connectivity index (χ4n) is 7.07. The third-order valence-corrected chi connectivity index (χ3v) is 17.7. The molecule has 0 aliphatic heterocycles. The Morgan fingerprint density at radius 2 is 0.714 bits per heavy atom. The van der Waals surface area contributed by atoms with Crippen LogP contribution in [0.4, 0.5) is 0 Å². The topological polar surface area (TPSA) is 0 Å². The van der Waals surface area contributed by atoms with Crippen LogP contribution in [-0.2, 0) is 10.9 Å². The molecule has 0 spiro atoms. The SMILES string of the molecule is CCCCCCCCCCCCCCCCCCP(C)(C)(C)C(CCCCCCCCCCC)CCCC[S+](C)CC. The van der Waals surface area contributed by atoms with Gasteiger partial charge in [-0.3, -0.25) is 0 Å². The number of hydrogen-bond donors (Lipinski definition) is 0. The molecule has 0 saturated heterocycles. The number of rotatable bonds is 34. The van der Waals surface area contributed by atoms with Crippen molar-refractivity contribution in [2.24, 2.45) is 0 Å². The van der Waals surface area contributed by atoms with Gasteiger partial charge in [-0.1, -0.05) is 39.0 Å². The van der Waals surface area contributed by atoms with Crippen LogP contribution in [0.15, 0.2) is 0 Å². The Morgan fingerprint density at radius 3 is 1.07 bits per heavy atom. The molecule has 0 rings (SSSR count). The normalized spacial score (nSPS) is 14.6. The molecule has 0 aliphatic carbocycles. The molecule has 42 heavy (non-hydrogen) atoms. The fourth-order valence-corrected chi connectivity index (χ4v) is 12.1. The summed E-state index contributed by atoms with van der Waals surface area (Å²) in [6, 6.07) is 0. The molecule has 0 amide bonds. The van der Waals surface area contributed by atoms with Crippen molar-refractivity contribution in [3.05, 3.63) is 0 Å². The average molecular weight is 630 g/mol. The second-order valence-electron chi connectivity index (χ2n) is 15.8. The molecule has 2 unspecified atom stereocenters. The van der Waals surface area contributed by atoms with Crippen LogP contribution >= 0.6 is 6.60 Å². The van der Waals surface area contributed by atoms with E-state index in [9.17, 15) is 0 Å². The zero-order valence-corrected chi connectivity index (χ0v) is 32.8. The number of hydrogen-bond acceptors (Lipinski definition) is 0. The van der Waals surface area contributed by atoms with Gasteiger partial charge in [0, 0.05) is 0 Å². The van der Waals surface area contributed by atoms with Gasteiger partial charge in [-0.05, 0) is 0 Å². The van der Waals surface area contributed by atoms with E-state index >= 15 is 0 Å². The van der Waals surface area contributed by atoms with Crippen LogP contribution in [-0.4, -0.2) is 49.6 Å². The van der Waals surface area contributed by atoms with Crippen LogP contribution < -0.4 is 0 Å². The van der Waals surface area contributed by atoms with E-state index in [1.54, 1.807) is 6.16 Å². The first kappa shape index (κ1) is 42.8. The van der Waals surface area contributed by atoms with Crippen molar-refractivity contribution in [1.82, 2.24) is 0 Å². The van der Waals surface area contributed by atoms with Crippen molar-refractivity contribution < 1.29 is 0 Å². The molecule has 0 radical (unpaired) electrons. The Hall–Kier alpha value is 0.780. The van der Waals surface area contributed by atoms with E-state index in [0.29, 0.717) is 10.9 Å². The Bertz CT molecular complexity index is 535. The van der Waals surface area contributed by atoms with E-state index in [1.807, 2.05) is 0 Å². The maximum atomic E-state index is 2.78. The molecule has 0 aromatic rings. The van der Waals surface area contributed by atoms with Gasteiger partial charge in [-0.15, -0.1) is 0 Å². The van der Waals surface area contributed by atoms with Crippen LogP contribution in [0.3, 0.4) is 0 Å². The van der Waals surface area contributed by atoms with Gasteiger partial charge in [-0.2, -0.15) is 0 Å². The van der Waals surface area contributed by atoms with E-state index in [4.69, 9.17) is 0 Å². The van der Waals surface area contributed by atoms with Crippen LogP contribution in [0.1, 0.15) is 207 Å². The summed E-state index contributed by atoms with van der Waals surface area (Å²) in [5.41, 5.74) is 1.03. The molecule has 2 atom stereocenters. The van der Waals surface area contributed by atoms with Crippen molar-refractivity contribution in [3.63, 3.8) is 0 Å². The van der Waals surface area contributed by atoms with Crippen molar-refractivity contribution in [2.75, 3.05) is 43.9 Å². The summed E-state index contributed by atoms with van der Waals surface area (Å²) in [5, 5.41) is 0. The molecule has 0 bridgehead atoms. The summed E-state index contributed by atoms with van der Waals surface area (Å²) in [6.07, 6.45) is 46.9. The van der Waals surface area contributed by atoms with Gasteiger partial charge in [0.15, 0.2) is 0 Å². The standard InChI is InChI=1S/C40H86PS/c1-8-11-13-15-17-19-20-21-22-23-24-25-27-29-31-34-38-41(4,5,6)40(37-33-35-39-42(7)10-3)36-32-30-28-26-18-16-14-12-9-2/h40H,8-39H2,1-7H3/q+1. The van der Waals surface area contributed by atoms with Crippen LogP contribution in [0.2, 0.25) is 0 Å². The molecule has 0 aromatic carbocycles.